The average molecular weight is 277 g/mol. The van der Waals surface area contributed by atoms with Gasteiger partial charge in [-0.15, -0.1) is 0 Å². The molecule has 3 heteroatoms. The third-order valence-corrected chi connectivity index (χ3v) is 3.70. The molecule has 20 heavy (non-hydrogen) atoms. The lowest BCUT2D eigenvalue weighted by Crippen LogP contribution is -2.31. The first-order valence-corrected chi connectivity index (χ1v) is 7.50. The number of benzene rings is 1. The molecular formula is C17H27NO2. The van der Waals surface area contributed by atoms with Crippen LogP contribution in [0.5, 0.6) is 0 Å². The Balaban J connectivity index is 3.05. The zero-order chi connectivity index (χ0) is 15.1. The molecule has 1 rings (SSSR count). The molecular weight excluding hydrogens is 250 g/mol. The Morgan fingerprint density at radius 2 is 1.85 bits per heavy atom. The number of rotatable bonds is 7. The van der Waals surface area contributed by atoms with E-state index >= 15 is 0 Å². The molecule has 1 aromatic rings. The van der Waals surface area contributed by atoms with E-state index in [1.807, 2.05) is 6.92 Å². The SMILES string of the molecule is CCOC(=O)CC(c1ccc(C)cc1C)N(CC)CC. The molecule has 112 valence electrons. The van der Waals surface area contributed by atoms with E-state index in [1.54, 1.807) is 0 Å². The first-order valence-electron chi connectivity index (χ1n) is 7.50. The second kappa shape index (κ2) is 8.05. The molecule has 0 amide bonds. The van der Waals surface area contributed by atoms with Crippen molar-refractivity contribution in [1.29, 1.82) is 0 Å². The summed E-state index contributed by atoms with van der Waals surface area (Å²) in [7, 11) is 0. The Kier molecular flexibility index (Phi) is 6.73. The molecule has 0 N–H and O–H groups in total. The van der Waals surface area contributed by atoms with Crippen LogP contribution < -0.4 is 0 Å². The first-order chi connectivity index (χ1) is 9.53. The summed E-state index contributed by atoms with van der Waals surface area (Å²) in [5.74, 6) is -0.121. The van der Waals surface area contributed by atoms with Crippen LogP contribution in [0.2, 0.25) is 0 Å². The summed E-state index contributed by atoms with van der Waals surface area (Å²) in [5, 5.41) is 0. The topological polar surface area (TPSA) is 29.5 Å². The predicted molar refractivity (Wildman–Crippen MR) is 82.8 cm³/mol. The molecule has 3 nitrogen and oxygen atoms in total. The fourth-order valence-corrected chi connectivity index (χ4v) is 2.68. The molecule has 0 aromatic heterocycles. The summed E-state index contributed by atoms with van der Waals surface area (Å²) in [4.78, 5) is 14.2. The quantitative estimate of drug-likeness (QED) is 0.713. The Hall–Kier alpha value is -1.35. The Morgan fingerprint density at radius 1 is 1.20 bits per heavy atom. The summed E-state index contributed by atoms with van der Waals surface area (Å²) in [6.45, 7) is 12.6. The van der Waals surface area contributed by atoms with Crippen molar-refractivity contribution in [1.82, 2.24) is 4.90 Å². The molecule has 0 aliphatic heterocycles. The van der Waals surface area contributed by atoms with Crippen LogP contribution in [0.25, 0.3) is 0 Å². The van der Waals surface area contributed by atoms with E-state index in [4.69, 9.17) is 4.74 Å². The van der Waals surface area contributed by atoms with Gasteiger partial charge in [0.1, 0.15) is 0 Å². The van der Waals surface area contributed by atoms with E-state index < -0.39 is 0 Å². The lowest BCUT2D eigenvalue weighted by molar-refractivity contribution is -0.144. The van der Waals surface area contributed by atoms with Gasteiger partial charge >= 0.3 is 5.97 Å². The highest BCUT2D eigenvalue weighted by molar-refractivity contribution is 5.70. The minimum absolute atomic E-state index is 0.102. The largest absolute Gasteiger partial charge is 0.466 e. The second-order valence-electron chi connectivity index (χ2n) is 5.11. The number of hydrogen-bond acceptors (Lipinski definition) is 3. The molecule has 0 aliphatic rings. The zero-order valence-electron chi connectivity index (χ0n) is 13.4. The molecule has 1 unspecified atom stereocenters. The third-order valence-electron chi connectivity index (χ3n) is 3.70. The molecule has 0 saturated heterocycles. The van der Waals surface area contributed by atoms with Crippen molar-refractivity contribution in [3.05, 3.63) is 34.9 Å². The summed E-state index contributed by atoms with van der Waals surface area (Å²) in [6, 6.07) is 6.54. The van der Waals surface area contributed by atoms with E-state index in [0.29, 0.717) is 13.0 Å². The molecule has 0 radical (unpaired) electrons. The van der Waals surface area contributed by atoms with Gasteiger partial charge in [-0.3, -0.25) is 9.69 Å². The minimum atomic E-state index is -0.121. The van der Waals surface area contributed by atoms with Crippen LogP contribution in [0.15, 0.2) is 18.2 Å². The summed E-state index contributed by atoms with van der Waals surface area (Å²) >= 11 is 0. The molecule has 0 aliphatic carbocycles. The van der Waals surface area contributed by atoms with Gasteiger partial charge in [-0.1, -0.05) is 37.6 Å². The van der Waals surface area contributed by atoms with Crippen LogP contribution in [0, 0.1) is 13.8 Å². The van der Waals surface area contributed by atoms with E-state index in [9.17, 15) is 4.79 Å². The summed E-state index contributed by atoms with van der Waals surface area (Å²) in [5.41, 5.74) is 3.72. The number of carbonyl (C=O) groups is 1. The zero-order valence-corrected chi connectivity index (χ0v) is 13.4. The monoisotopic (exact) mass is 277 g/mol. The van der Waals surface area contributed by atoms with Crippen LogP contribution in [-0.4, -0.2) is 30.6 Å². The number of ether oxygens (including phenoxy) is 1. The Morgan fingerprint density at radius 3 is 2.35 bits per heavy atom. The van der Waals surface area contributed by atoms with Gasteiger partial charge in [-0.25, -0.2) is 0 Å². The summed E-state index contributed by atoms with van der Waals surface area (Å²) in [6.07, 6.45) is 0.416. The van der Waals surface area contributed by atoms with Gasteiger partial charge in [0.15, 0.2) is 0 Å². The maximum atomic E-state index is 11.9. The maximum absolute atomic E-state index is 11.9. The lowest BCUT2D eigenvalue weighted by atomic mass is 9.95. The molecule has 0 spiro atoms. The van der Waals surface area contributed by atoms with E-state index in [-0.39, 0.29) is 12.0 Å². The van der Waals surface area contributed by atoms with E-state index in [2.05, 4.69) is 50.8 Å². The van der Waals surface area contributed by atoms with Crippen LogP contribution in [0.4, 0.5) is 0 Å². The molecule has 1 atom stereocenters. The van der Waals surface area contributed by atoms with E-state index in [1.165, 1.54) is 16.7 Å². The average Bonchev–Trinajstić information content (AvgIpc) is 2.39. The highest BCUT2D eigenvalue weighted by atomic mass is 16.5. The highest BCUT2D eigenvalue weighted by Crippen LogP contribution is 2.28. The van der Waals surface area contributed by atoms with Crippen molar-refractivity contribution in [3.63, 3.8) is 0 Å². The predicted octanol–water partition coefficient (Wildman–Crippen LogP) is 3.64. The second-order valence-corrected chi connectivity index (χ2v) is 5.11. The number of nitrogens with zero attached hydrogens (tertiary/aromatic N) is 1. The van der Waals surface area contributed by atoms with Gasteiger partial charge in [0, 0.05) is 6.04 Å². The van der Waals surface area contributed by atoms with Crippen molar-refractivity contribution in [3.8, 4) is 0 Å². The van der Waals surface area contributed by atoms with E-state index in [0.717, 1.165) is 13.1 Å². The Labute approximate surface area is 122 Å². The molecule has 0 heterocycles. The standard InChI is InChI=1S/C17H27NO2/c1-6-18(7-2)16(12-17(19)20-8-3)15-10-9-13(4)11-14(15)5/h9-11,16H,6-8,12H2,1-5H3. The summed E-state index contributed by atoms with van der Waals surface area (Å²) < 4.78 is 5.13. The van der Waals surface area contributed by atoms with Crippen LogP contribution in [-0.2, 0) is 9.53 Å². The van der Waals surface area contributed by atoms with Crippen molar-refractivity contribution >= 4 is 5.97 Å². The smallest absolute Gasteiger partial charge is 0.307 e. The van der Waals surface area contributed by atoms with Gasteiger partial charge in [-0.2, -0.15) is 0 Å². The maximum Gasteiger partial charge on any atom is 0.307 e. The Bertz CT molecular complexity index is 439. The van der Waals surface area contributed by atoms with Crippen LogP contribution in [0.3, 0.4) is 0 Å². The van der Waals surface area contributed by atoms with Gasteiger partial charge in [0.25, 0.3) is 0 Å². The molecule has 1 aromatic carbocycles. The van der Waals surface area contributed by atoms with Gasteiger partial charge in [0.05, 0.1) is 13.0 Å². The number of carbonyl (C=O) groups excluding carboxylic acids is 1. The van der Waals surface area contributed by atoms with Crippen molar-refractivity contribution in [2.45, 2.75) is 47.1 Å². The minimum Gasteiger partial charge on any atom is -0.466 e. The first kappa shape index (κ1) is 16.7. The van der Waals surface area contributed by atoms with Crippen LogP contribution in [0.1, 0.15) is 49.9 Å². The molecule has 0 saturated carbocycles. The van der Waals surface area contributed by atoms with Crippen molar-refractivity contribution in [2.75, 3.05) is 19.7 Å². The van der Waals surface area contributed by atoms with Gasteiger partial charge in [-0.05, 0) is 45.0 Å². The fourth-order valence-electron chi connectivity index (χ4n) is 2.68. The normalized spacial score (nSPS) is 12.5. The lowest BCUT2D eigenvalue weighted by Gasteiger charge is -2.30. The van der Waals surface area contributed by atoms with Gasteiger partial charge in [0.2, 0.25) is 0 Å². The number of aryl methyl sites for hydroxylation is 2. The number of hydrogen-bond donors (Lipinski definition) is 0. The molecule has 0 bridgehead atoms. The highest BCUT2D eigenvalue weighted by Gasteiger charge is 2.23. The molecule has 0 fully saturated rings. The fraction of sp³-hybridized carbons (Fsp3) is 0.588. The van der Waals surface area contributed by atoms with Crippen molar-refractivity contribution < 1.29 is 9.53 Å². The van der Waals surface area contributed by atoms with Gasteiger partial charge < -0.3 is 4.74 Å². The number of esters is 1. The van der Waals surface area contributed by atoms with Crippen molar-refractivity contribution in [2.24, 2.45) is 0 Å². The third kappa shape index (κ3) is 4.34. The van der Waals surface area contributed by atoms with Crippen LogP contribution >= 0.6 is 0 Å².